The largest absolute Gasteiger partial charge is 0.453 e. The highest BCUT2D eigenvalue weighted by atomic mass is 32.2. The average Bonchev–Trinajstić information content (AvgIpc) is 3.05. The van der Waals surface area contributed by atoms with E-state index in [2.05, 4.69) is 39.2 Å². The predicted molar refractivity (Wildman–Crippen MR) is 175 cm³/mol. The smallest absolute Gasteiger partial charge is 0.411 e. The van der Waals surface area contributed by atoms with Gasteiger partial charge in [-0.15, -0.1) is 0 Å². The second kappa shape index (κ2) is 13.3. The van der Waals surface area contributed by atoms with E-state index in [9.17, 15) is 14.8 Å². The monoisotopic (exact) mass is 622 g/mol. The minimum Gasteiger partial charge on any atom is -0.453 e. The van der Waals surface area contributed by atoms with Gasteiger partial charge in [0, 0.05) is 26.7 Å². The van der Waals surface area contributed by atoms with Crippen molar-refractivity contribution in [2.45, 2.75) is 48.9 Å². The van der Waals surface area contributed by atoms with Crippen molar-refractivity contribution in [3.63, 3.8) is 0 Å². The van der Waals surface area contributed by atoms with Gasteiger partial charge in [-0.3, -0.25) is 15.3 Å². The number of methoxy groups -OCH3 is 1. The summed E-state index contributed by atoms with van der Waals surface area (Å²) in [6.45, 7) is 7.71. The van der Waals surface area contributed by atoms with Crippen LogP contribution in [-0.4, -0.2) is 44.3 Å². The molecule has 2 aromatic heterocycles. The number of rotatable bonds is 9. The molecule has 0 atom stereocenters. The molecular weight excluding hydrogens is 588 g/mol. The Morgan fingerprint density at radius 3 is 2.38 bits per heavy atom. The summed E-state index contributed by atoms with van der Waals surface area (Å²) in [5.74, 6) is 0.206. The summed E-state index contributed by atoms with van der Waals surface area (Å²) in [6, 6.07) is 25.7. The number of benzene rings is 3. The third-order valence-electron chi connectivity index (χ3n) is 7.31. The van der Waals surface area contributed by atoms with Crippen LogP contribution in [0.15, 0.2) is 101 Å². The van der Waals surface area contributed by atoms with Crippen molar-refractivity contribution in [3.05, 3.63) is 108 Å². The van der Waals surface area contributed by atoms with Gasteiger partial charge in [0.15, 0.2) is 5.65 Å². The first kappa shape index (κ1) is 31.4. The van der Waals surface area contributed by atoms with Crippen molar-refractivity contribution in [1.82, 2.24) is 20.0 Å². The molecule has 0 aliphatic heterocycles. The lowest BCUT2D eigenvalue weighted by Crippen LogP contribution is -2.43. The highest BCUT2D eigenvalue weighted by Gasteiger charge is 2.32. The minimum atomic E-state index is -0.984. The number of anilines is 3. The van der Waals surface area contributed by atoms with Gasteiger partial charge in [-0.2, -0.15) is 0 Å². The topological polar surface area (TPSA) is 130 Å². The lowest BCUT2D eigenvalue weighted by Gasteiger charge is -2.34. The van der Waals surface area contributed by atoms with Crippen LogP contribution in [0.2, 0.25) is 0 Å². The molecule has 2 heterocycles. The van der Waals surface area contributed by atoms with E-state index in [-0.39, 0.29) is 11.5 Å². The molecule has 0 radical (unpaired) electrons. The molecule has 230 valence electrons. The number of ether oxygens (including phenoxy) is 1. The zero-order valence-electron chi connectivity index (χ0n) is 25.6. The van der Waals surface area contributed by atoms with Gasteiger partial charge >= 0.3 is 6.09 Å². The van der Waals surface area contributed by atoms with Crippen molar-refractivity contribution >= 4 is 52.0 Å². The van der Waals surface area contributed by atoms with E-state index in [1.807, 2.05) is 60.7 Å². The average molecular weight is 623 g/mol. The SMILES string of the molecule is COC(=O)Nc1ccc(Sc2ccc(C(=O)N(O)C(C)(C)c3ccccc3)cc2Nc2ncnc3nc(C(C)C)ccc23)cc1. The summed E-state index contributed by atoms with van der Waals surface area (Å²) in [4.78, 5) is 40.5. The fourth-order valence-electron chi connectivity index (χ4n) is 4.60. The zero-order chi connectivity index (χ0) is 32.1. The van der Waals surface area contributed by atoms with E-state index in [1.165, 1.54) is 25.2 Å². The molecule has 3 N–H and O–H groups in total. The third kappa shape index (κ3) is 7.05. The second-order valence-corrected chi connectivity index (χ2v) is 12.2. The van der Waals surface area contributed by atoms with Crippen molar-refractivity contribution < 1.29 is 19.5 Å². The predicted octanol–water partition coefficient (Wildman–Crippen LogP) is 7.99. The van der Waals surface area contributed by atoms with E-state index in [0.29, 0.717) is 22.8 Å². The quantitative estimate of drug-likeness (QED) is 0.111. The summed E-state index contributed by atoms with van der Waals surface area (Å²) < 4.78 is 4.67. The Hall–Kier alpha value is -5.00. The van der Waals surface area contributed by atoms with E-state index in [1.54, 1.807) is 38.1 Å². The summed E-state index contributed by atoms with van der Waals surface area (Å²) >= 11 is 1.46. The number of nitrogens with zero attached hydrogens (tertiary/aromatic N) is 4. The number of nitrogens with one attached hydrogen (secondary N) is 2. The molecule has 11 heteroatoms. The molecule has 0 bridgehead atoms. The Bertz CT molecular complexity index is 1830. The highest BCUT2D eigenvalue weighted by molar-refractivity contribution is 7.99. The van der Waals surface area contributed by atoms with Crippen molar-refractivity contribution in [2.75, 3.05) is 17.7 Å². The lowest BCUT2D eigenvalue weighted by molar-refractivity contribution is -0.124. The standard InChI is InChI=1S/C34H34N6O4S/c1-21(2)27-17-16-26-30(38-27)35-20-36-31(26)39-28-19-22(32(41)40(43)34(3,4)23-9-7-6-8-10-23)11-18-29(28)45-25-14-12-24(13-15-25)37-33(42)44-5/h6-21,43H,1-5H3,(H,37,42)(H,35,36,38,39). The number of hydrogen-bond donors (Lipinski definition) is 3. The first-order chi connectivity index (χ1) is 21.6. The van der Waals surface area contributed by atoms with Gasteiger partial charge in [-0.1, -0.05) is 55.9 Å². The number of carbonyl (C=O) groups excluding carboxylic acids is 2. The van der Waals surface area contributed by atoms with Crippen LogP contribution in [0.1, 0.15) is 55.2 Å². The number of hydroxylamine groups is 2. The van der Waals surface area contributed by atoms with Gasteiger partial charge < -0.3 is 10.1 Å². The molecule has 10 nitrogen and oxygen atoms in total. The maximum absolute atomic E-state index is 13.7. The molecule has 0 aliphatic carbocycles. The van der Waals surface area contributed by atoms with Gasteiger partial charge in [-0.05, 0) is 79.9 Å². The highest BCUT2D eigenvalue weighted by Crippen LogP contribution is 2.38. The Labute approximate surface area is 265 Å². The molecule has 0 spiro atoms. The zero-order valence-corrected chi connectivity index (χ0v) is 26.4. The number of fused-ring (bicyclic) bond motifs is 1. The number of pyridine rings is 1. The van der Waals surface area contributed by atoms with Crippen LogP contribution in [0.5, 0.6) is 0 Å². The lowest BCUT2D eigenvalue weighted by atomic mass is 9.93. The van der Waals surface area contributed by atoms with E-state index < -0.39 is 17.5 Å². The van der Waals surface area contributed by atoms with Crippen LogP contribution in [0.3, 0.4) is 0 Å². The number of carbonyl (C=O) groups is 2. The first-order valence-electron chi connectivity index (χ1n) is 14.3. The fourth-order valence-corrected chi connectivity index (χ4v) is 5.48. The Balaban J connectivity index is 1.51. The van der Waals surface area contributed by atoms with E-state index in [4.69, 9.17) is 4.98 Å². The molecular formula is C34H34N6O4S. The number of amides is 2. The van der Waals surface area contributed by atoms with Crippen molar-refractivity contribution in [2.24, 2.45) is 0 Å². The van der Waals surface area contributed by atoms with Crippen molar-refractivity contribution in [1.29, 1.82) is 0 Å². The summed E-state index contributed by atoms with van der Waals surface area (Å²) in [7, 11) is 1.31. The van der Waals surface area contributed by atoms with Crippen LogP contribution >= 0.6 is 11.8 Å². The van der Waals surface area contributed by atoms with Crippen LogP contribution in [0, 0.1) is 0 Å². The molecule has 0 saturated carbocycles. The Morgan fingerprint density at radius 1 is 0.956 bits per heavy atom. The molecule has 5 rings (SSSR count). The second-order valence-electron chi connectivity index (χ2n) is 11.1. The van der Waals surface area contributed by atoms with Gasteiger partial charge in [-0.25, -0.2) is 24.8 Å². The first-order valence-corrected chi connectivity index (χ1v) is 15.1. The minimum absolute atomic E-state index is 0.238. The van der Waals surface area contributed by atoms with Gasteiger partial charge in [0.05, 0.1) is 23.7 Å². The van der Waals surface area contributed by atoms with Gasteiger partial charge in [0.1, 0.15) is 12.1 Å². The third-order valence-corrected chi connectivity index (χ3v) is 8.39. The van der Waals surface area contributed by atoms with Crippen LogP contribution in [0.4, 0.5) is 22.0 Å². The Morgan fingerprint density at radius 2 is 1.69 bits per heavy atom. The van der Waals surface area contributed by atoms with E-state index >= 15 is 0 Å². The van der Waals surface area contributed by atoms with Crippen molar-refractivity contribution in [3.8, 4) is 0 Å². The van der Waals surface area contributed by atoms with Crippen LogP contribution < -0.4 is 10.6 Å². The summed E-state index contributed by atoms with van der Waals surface area (Å²) in [6.07, 6.45) is 0.900. The molecule has 5 aromatic rings. The van der Waals surface area contributed by atoms with Gasteiger partial charge in [0.2, 0.25) is 0 Å². The van der Waals surface area contributed by atoms with Crippen LogP contribution in [-0.2, 0) is 10.3 Å². The molecule has 0 unspecified atom stereocenters. The summed E-state index contributed by atoms with van der Waals surface area (Å²) in [5.41, 5.74) is 2.76. The molecule has 0 aliphatic rings. The van der Waals surface area contributed by atoms with Crippen LogP contribution in [0.25, 0.3) is 11.0 Å². The molecule has 0 saturated heterocycles. The normalized spacial score (nSPS) is 11.4. The molecule has 0 fully saturated rings. The molecule has 45 heavy (non-hydrogen) atoms. The molecule has 3 aromatic carbocycles. The molecule has 2 amide bonds. The number of hydrogen-bond acceptors (Lipinski definition) is 9. The Kier molecular flexibility index (Phi) is 9.31. The van der Waals surface area contributed by atoms with Gasteiger partial charge in [0.25, 0.3) is 5.91 Å². The maximum Gasteiger partial charge on any atom is 0.411 e. The fraction of sp³-hybridized carbons (Fsp3) is 0.206. The van der Waals surface area contributed by atoms with E-state index in [0.717, 1.165) is 31.5 Å². The number of aromatic nitrogens is 3. The summed E-state index contributed by atoms with van der Waals surface area (Å²) in [5, 5.41) is 18.7. The maximum atomic E-state index is 13.7.